The number of carbonyl (C=O) groups excluding carboxylic acids is 1. The summed E-state index contributed by atoms with van der Waals surface area (Å²) in [4.78, 5) is 29.1. The molecule has 1 aliphatic rings. The molecule has 1 atom stereocenters. The quantitative estimate of drug-likeness (QED) is 0.389. The van der Waals surface area contributed by atoms with Crippen LogP contribution in [0.15, 0.2) is 70.1 Å². The van der Waals surface area contributed by atoms with E-state index in [0.29, 0.717) is 11.1 Å². The van der Waals surface area contributed by atoms with Crippen molar-refractivity contribution >= 4 is 16.9 Å². The Labute approximate surface area is 169 Å². The first-order valence-corrected chi connectivity index (χ1v) is 9.25. The highest BCUT2D eigenvalue weighted by atomic mass is 16.5. The third-order valence-corrected chi connectivity index (χ3v) is 5.19. The first kappa shape index (κ1) is 17.9. The highest BCUT2D eigenvalue weighted by Gasteiger charge is 2.33. The number of phenols is 2. The lowest BCUT2D eigenvalue weighted by Gasteiger charge is -2.26. The standard InChI is InChI=1S/C23H15NO6/c25-14-3-1-13(2-4-14)18-10-16(26)22-17(27)11-19-21(23(22)30-18)15(9-20(28)29-19)12-5-7-24-8-6-12/h1-8,10-11,15,25,27H,9H2/t15-/m1/s1. The van der Waals surface area contributed by atoms with Gasteiger partial charge in [0.05, 0.1) is 6.42 Å². The Hall–Kier alpha value is -4.13. The number of ether oxygens (including phenoxy) is 1. The van der Waals surface area contributed by atoms with E-state index in [1.165, 1.54) is 24.3 Å². The van der Waals surface area contributed by atoms with Crippen molar-refractivity contribution in [2.24, 2.45) is 0 Å². The number of nitrogens with zero attached hydrogens (tertiary/aromatic N) is 1. The number of rotatable bonds is 2. The molecule has 0 radical (unpaired) electrons. The van der Waals surface area contributed by atoms with Crippen molar-refractivity contribution in [3.8, 4) is 28.6 Å². The molecule has 30 heavy (non-hydrogen) atoms. The van der Waals surface area contributed by atoms with Gasteiger partial charge in [-0.05, 0) is 42.0 Å². The lowest BCUT2D eigenvalue weighted by atomic mass is 9.85. The van der Waals surface area contributed by atoms with Gasteiger partial charge in [0.2, 0.25) is 0 Å². The Balaban J connectivity index is 1.83. The van der Waals surface area contributed by atoms with Crippen molar-refractivity contribution in [3.05, 3.63) is 82.3 Å². The number of phenolic OH excluding ortho intramolecular Hbond substituents is 2. The normalized spacial score (nSPS) is 15.6. The number of aromatic nitrogens is 1. The van der Waals surface area contributed by atoms with E-state index in [0.717, 1.165) is 5.56 Å². The minimum atomic E-state index is -0.444. The zero-order valence-corrected chi connectivity index (χ0v) is 15.5. The molecular formula is C23H15NO6. The summed E-state index contributed by atoms with van der Waals surface area (Å²) in [5, 5.41) is 20.0. The van der Waals surface area contributed by atoms with E-state index < -0.39 is 17.3 Å². The highest BCUT2D eigenvalue weighted by Crippen LogP contribution is 2.45. The smallest absolute Gasteiger partial charge is 0.312 e. The van der Waals surface area contributed by atoms with Crippen molar-refractivity contribution in [1.82, 2.24) is 4.98 Å². The monoisotopic (exact) mass is 401 g/mol. The molecule has 2 aromatic carbocycles. The Kier molecular flexibility index (Phi) is 4.03. The fourth-order valence-corrected chi connectivity index (χ4v) is 3.81. The molecular weight excluding hydrogens is 386 g/mol. The number of carbonyl (C=O) groups is 1. The predicted molar refractivity (Wildman–Crippen MR) is 108 cm³/mol. The Morgan fingerprint density at radius 1 is 0.967 bits per heavy atom. The largest absolute Gasteiger partial charge is 0.508 e. The molecule has 3 heterocycles. The van der Waals surface area contributed by atoms with Crippen LogP contribution in [0.3, 0.4) is 0 Å². The summed E-state index contributed by atoms with van der Waals surface area (Å²) < 4.78 is 11.5. The fourth-order valence-electron chi connectivity index (χ4n) is 3.81. The second kappa shape index (κ2) is 6.73. The van der Waals surface area contributed by atoms with Gasteiger partial charge in [-0.25, -0.2) is 0 Å². The molecule has 0 spiro atoms. The summed E-state index contributed by atoms with van der Waals surface area (Å²) in [6.07, 6.45) is 3.30. The summed E-state index contributed by atoms with van der Waals surface area (Å²) in [6, 6.07) is 12.3. The van der Waals surface area contributed by atoms with Crippen LogP contribution in [0.1, 0.15) is 23.5 Å². The van der Waals surface area contributed by atoms with Crippen LogP contribution in [0.25, 0.3) is 22.3 Å². The van der Waals surface area contributed by atoms with Gasteiger partial charge in [-0.2, -0.15) is 0 Å². The number of fused-ring (bicyclic) bond motifs is 3. The van der Waals surface area contributed by atoms with Gasteiger partial charge >= 0.3 is 5.97 Å². The molecule has 0 bridgehead atoms. The average Bonchev–Trinajstić information content (AvgIpc) is 2.73. The van der Waals surface area contributed by atoms with Crippen LogP contribution >= 0.6 is 0 Å². The van der Waals surface area contributed by atoms with E-state index in [2.05, 4.69) is 4.98 Å². The maximum atomic E-state index is 12.9. The van der Waals surface area contributed by atoms with E-state index in [1.807, 2.05) is 0 Å². The molecule has 7 heteroatoms. The SMILES string of the molecule is O=C1C[C@H](c2ccncc2)c2c(cc(O)c3c(=O)cc(-c4ccc(O)cc4)oc23)O1. The van der Waals surface area contributed by atoms with Gasteiger partial charge in [0.1, 0.15) is 34.0 Å². The second-order valence-electron chi connectivity index (χ2n) is 7.04. The van der Waals surface area contributed by atoms with Crippen LogP contribution in [0.2, 0.25) is 0 Å². The van der Waals surface area contributed by atoms with Gasteiger partial charge in [0, 0.05) is 41.6 Å². The number of aromatic hydroxyl groups is 2. The third kappa shape index (κ3) is 2.88. The average molecular weight is 401 g/mol. The van der Waals surface area contributed by atoms with Crippen molar-refractivity contribution < 1.29 is 24.2 Å². The van der Waals surface area contributed by atoms with Crippen LogP contribution < -0.4 is 10.2 Å². The third-order valence-electron chi connectivity index (χ3n) is 5.19. The molecule has 0 saturated heterocycles. The minimum absolute atomic E-state index is 0.0216. The molecule has 0 amide bonds. The topological polar surface area (TPSA) is 110 Å². The van der Waals surface area contributed by atoms with E-state index in [9.17, 15) is 19.8 Å². The van der Waals surface area contributed by atoms with Gasteiger partial charge in [0.25, 0.3) is 0 Å². The van der Waals surface area contributed by atoms with Crippen LogP contribution in [-0.2, 0) is 4.79 Å². The number of hydrogen-bond donors (Lipinski definition) is 2. The van der Waals surface area contributed by atoms with Crippen molar-refractivity contribution in [2.75, 3.05) is 0 Å². The van der Waals surface area contributed by atoms with Gasteiger partial charge in [-0.15, -0.1) is 0 Å². The summed E-state index contributed by atoms with van der Waals surface area (Å²) in [5.74, 6) is -0.681. The summed E-state index contributed by atoms with van der Waals surface area (Å²) >= 11 is 0. The van der Waals surface area contributed by atoms with Gasteiger partial charge in [-0.3, -0.25) is 14.6 Å². The van der Waals surface area contributed by atoms with Crippen molar-refractivity contribution in [1.29, 1.82) is 0 Å². The Morgan fingerprint density at radius 2 is 1.70 bits per heavy atom. The molecule has 0 unspecified atom stereocenters. The molecule has 2 aromatic heterocycles. The number of hydrogen-bond acceptors (Lipinski definition) is 7. The molecule has 5 rings (SSSR count). The zero-order valence-electron chi connectivity index (χ0n) is 15.5. The second-order valence-corrected chi connectivity index (χ2v) is 7.04. The van der Waals surface area contributed by atoms with E-state index in [-0.39, 0.29) is 40.4 Å². The molecule has 1 aliphatic heterocycles. The number of pyridine rings is 1. The fraction of sp³-hybridized carbons (Fsp3) is 0.0870. The predicted octanol–water partition coefficient (Wildman–Crippen LogP) is 3.71. The summed E-state index contributed by atoms with van der Waals surface area (Å²) in [7, 11) is 0. The molecule has 4 aromatic rings. The summed E-state index contributed by atoms with van der Waals surface area (Å²) in [5.41, 5.74) is 1.65. The Morgan fingerprint density at radius 3 is 2.43 bits per heavy atom. The van der Waals surface area contributed by atoms with Gasteiger partial charge in [0.15, 0.2) is 5.43 Å². The van der Waals surface area contributed by atoms with Crippen LogP contribution in [0, 0.1) is 0 Å². The molecule has 2 N–H and O–H groups in total. The molecule has 7 nitrogen and oxygen atoms in total. The lowest BCUT2D eigenvalue weighted by molar-refractivity contribution is -0.135. The maximum Gasteiger partial charge on any atom is 0.312 e. The van der Waals surface area contributed by atoms with Crippen molar-refractivity contribution in [3.63, 3.8) is 0 Å². The van der Waals surface area contributed by atoms with Crippen molar-refractivity contribution in [2.45, 2.75) is 12.3 Å². The van der Waals surface area contributed by atoms with Gasteiger partial charge in [-0.1, -0.05) is 0 Å². The molecule has 0 fully saturated rings. The lowest BCUT2D eigenvalue weighted by Crippen LogP contribution is -2.22. The Bertz CT molecular complexity index is 1340. The molecule has 148 valence electrons. The minimum Gasteiger partial charge on any atom is -0.508 e. The molecule has 0 saturated carbocycles. The van der Waals surface area contributed by atoms with E-state index >= 15 is 0 Å². The maximum absolute atomic E-state index is 12.9. The van der Waals surface area contributed by atoms with Crippen LogP contribution in [-0.4, -0.2) is 21.2 Å². The number of benzene rings is 2. The first-order chi connectivity index (χ1) is 14.5. The zero-order chi connectivity index (χ0) is 20.8. The summed E-state index contributed by atoms with van der Waals surface area (Å²) in [6.45, 7) is 0. The van der Waals surface area contributed by atoms with E-state index in [1.54, 1.807) is 36.7 Å². The van der Waals surface area contributed by atoms with E-state index in [4.69, 9.17) is 9.15 Å². The van der Waals surface area contributed by atoms with Gasteiger partial charge < -0.3 is 19.4 Å². The first-order valence-electron chi connectivity index (χ1n) is 9.25. The van der Waals surface area contributed by atoms with Crippen LogP contribution in [0.4, 0.5) is 0 Å². The molecule has 0 aliphatic carbocycles. The number of esters is 1. The van der Waals surface area contributed by atoms with Crippen LogP contribution in [0.5, 0.6) is 17.2 Å². The highest BCUT2D eigenvalue weighted by molar-refractivity contribution is 5.93.